The zero-order chi connectivity index (χ0) is 23.7. The maximum atomic E-state index is 12.9. The summed E-state index contributed by atoms with van der Waals surface area (Å²) in [5, 5.41) is 12.0. The highest BCUT2D eigenvalue weighted by molar-refractivity contribution is 6.22. The molecule has 3 unspecified atom stereocenters. The topological polar surface area (TPSA) is 104 Å². The van der Waals surface area contributed by atoms with Gasteiger partial charge in [-0.2, -0.15) is 0 Å². The van der Waals surface area contributed by atoms with Crippen LogP contribution in [0.5, 0.6) is 0 Å². The Morgan fingerprint density at radius 1 is 1.06 bits per heavy atom. The van der Waals surface area contributed by atoms with E-state index in [-0.39, 0.29) is 46.9 Å². The SMILES string of the molecule is CCN(CC)C(=O)C1CCCN(c2ccc(N3C(=O)C4CCCCC4C3=O)cc2[N+](=O)[O-])C1. The smallest absolute Gasteiger partial charge is 0.294 e. The number of benzene rings is 1. The van der Waals surface area contributed by atoms with E-state index in [4.69, 9.17) is 0 Å². The standard InChI is InChI=1S/C24H32N4O5/c1-3-25(4-2)22(29)16-8-7-13-26(15-16)20-12-11-17(14-21(20)28(32)33)27-23(30)18-9-5-6-10-19(18)24(27)31/h11-12,14,16,18-19H,3-10,13,15H2,1-2H3. The molecular weight excluding hydrogens is 424 g/mol. The highest BCUT2D eigenvalue weighted by Crippen LogP contribution is 2.42. The van der Waals surface area contributed by atoms with Crippen LogP contribution in [0.3, 0.4) is 0 Å². The van der Waals surface area contributed by atoms with Crippen molar-refractivity contribution in [2.75, 3.05) is 36.0 Å². The van der Waals surface area contributed by atoms with Gasteiger partial charge in [0.25, 0.3) is 5.69 Å². The number of piperidine rings is 1. The Kier molecular flexibility index (Phi) is 6.67. The fourth-order valence-corrected chi connectivity index (χ4v) is 5.67. The first kappa shape index (κ1) is 23.2. The summed E-state index contributed by atoms with van der Waals surface area (Å²) < 4.78 is 0. The molecular formula is C24H32N4O5. The monoisotopic (exact) mass is 456 g/mol. The summed E-state index contributed by atoms with van der Waals surface area (Å²) >= 11 is 0. The zero-order valence-electron chi connectivity index (χ0n) is 19.4. The van der Waals surface area contributed by atoms with Gasteiger partial charge in [-0.25, -0.2) is 4.90 Å². The number of nitro groups is 1. The van der Waals surface area contributed by atoms with Gasteiger partial charge in [-0.3, -0.25) is 24.5 Å². The highest BCUT2D eigenvalue weighted by atomic mass is 16.6. The van der Waals surface area contributed by atoms with Gasteiger partial charge in [0.1, 0.15) is 5.69 Å². The van der Waals surface area contributed by atoms with Crippen molar-refractivity contribution >= 4 is 34.8 Å². The van der Waals surface area contributed by atoms with Crippen molar-refractivity contribution in [3.63, 3.8) is 0 Å². The predicted molar refractivity (Wildman–Crippen MR) is 124 cm³/mol. The molecule has 0 radical (unpaired) electrons. The minimum absolute atomic E-state index is 0.0832. The van der Waals surface area contributed by atoms with E-state index in [9.17, 15) is 24.5 Å². The molecule has 3 aliphatic rings. The van der Waals surface area contributed by atoms with E-state index in [1.54, 1.807) is 17.0 Å². The summed E-state index contributed by atoms with van der Waals surface area (Å²) in [6.45, 7) is 6.21. The lowest BCUT2D eigenvalue weighted by molar-refractivity contribution is -0.384. The van der Waals surface area contributed by atoms with Gasteiger partial charge in [-0.1, -0.05) is 12.8 Å². The maximum Gasteiger partial charge on any atom is 0.294 e. The maximum absolute atomic E-state index is 12.9. The van der Waals surface area contributed by atoms with E-state index in [2.05, 4.69) is 0 Å². The number of carbonyl (C=O) groups excluding carboxylic acids is 3. The van der Waals surface area contributed by atoms with Crippen LogP contribution in [0.15, 0.2) is 18.2 Å². The Morgan fingerprint density at radius 3 is 2.27 bits per heavy atom. The van der Waals surface area contributed by atoms with E-state index >= 15 is 0 Å². The Labute approximate surface area is 193 Å². The van der Waals surface area contributed by atoms with Crippen molar-refractivity contribution < 1.29 is 19.3 Å². The summed E-state index contributed by atoms with van der Waals surface area (Å²) in [6.07, 6.45) is 4.77. The third-order valence-electron chi connectivity index (χ3n) is 7.44. The van der Waals surface area contributed by atoms with Crippen LogP contribution in [0.25, 0.3) is 0 Å². The predicted octanol–water partition coefficient (Wildman–Crippen LogP) is 3.36. The largest absolute Gasteiger partial charge is 0.365 e. The van der Waals surface area contributed by atoms with Crippen LogP contribution < -0.4 is 9.80 Å². The highest BCUT2D eigenvalue weighted by Gasteiger charge is 2.49. The summed E-state index contributed by atoms with van der Waals surface area (Å²) in [5.41, 5.74) is 0.554. The Hall–Kier alpha value is -2.97. The first-order chi connectivity index (χ1) is 15.9. The molecule has 1 aromatic rings. The molecule has 2 heterocycles. The average Bonchev–Trinajstić information content (AvgIpc) is 3.09. The molecule has 9 nitrogen and oxygen atoms in total. The average molecular weight is 457 g/mol. The molecule has 1 saturated carbocycles. The number of anilines is 2. The molecule has 2 aliphatic heterocycles. The molecule has 4 rings (SSSR count). The molecule has 2 saturated heterocycles. The third kappa shape index (κ3) is 4.20. The van der Waals surface area contributed by atoms with Gasteiger partial charge < -0.3 is 9.80 Å². The molecule has 0 N–H and O–H groups in total. The molecule has 0 aromatic heterocycles. The quantitative estimate of drug-likeness (QED) is 0.369. The van der Waals surface area contributed by atoms with Crippen LogP contribution in [-0.4, -0.2) is 53.7 Å². The van der Waals surface area contributed by atoms with Crippen molar-refractivity contribution in [2.45, 2.75) is 52.4 Å². The second-order valence-corrected chi connectivity index (χ2v) is 9.24. The van der Waals surface area contributed by atoms with Crippen LogP contribution in [0.1, 0.15) is 52.4 Å². The number of hydrogen-bond donors (Lipinski definition) is 0. The number of fused-ring (bicyclic) bond motifs is 1. The fraction of sp³-hybridized carbons (Fsp3) is 0.625. The third-order valence-corrected chi connectivity index (χ3v) is 7.44. The zero-order valence-corrected chi connectivity index (χ0v) is 19.4. The molecule has 3 atom stereocenters. The first-order valence-corrected chi connectivity index (χ1v) is 12.1. The lowest BCUT2D eigenvalue weighted by Crippen LogP contribution is -2.45. The van der Waals surface area contributed by atoms with Crippen LogP contribution in [0, 0.1) is 27.9 Å². The Balaban J connectivity index is 1.60. The molecule has 33 heavy (non-hydrogen) atoms. The van der Waals surface area contributed by atoms with Gasteiger partial charge in [-0.05, 0) is 51.7 Å². The second-order valence-electron chi connectivity index (χ2n) is 9.24. The summed E-state index contributed by atoms with van der Waals surface area (Å²) in [7, 11) is 0. The number of carbonyl (C=O) groups is 3. The number of rotatable bonds is 6. The molecule has 1 aliphatic carbocycles. The van der Waals surface area contributed by atoms with E-state index in [0.717, 1.165) is 30.6 Å². The van der Waals surface area contributed by atoms with Crippen LogP contribution >= 0.6 is 0 Å². The van der Waals surface area contributed by atoms with Gasteiger partial charge in [0.15, 0.2) is 0 Å². The molecule has 178 valence electrons. The lowest BCUT2D eigenvalue weighted by atomic mass is 9.81. The number of nitro benzene ring substituents is 1. The van der Waals surface area contributed by atoms with Gasteiger partial charge in [-0.15, -0.1) is 0 Å². The molecule has 0 bridgehead atoms. The summed E-state index contributed by atoms with van der Waals surface area (Å²) in [5.74, 6) is -1.22. The van der Waals surface area contributed by atoms with Crippen LogP contribution in [0.4, 0.5) is 17.1 Å². The first-order valence-electron chi connectivity index (χ1n) is 12.1. The van der Waals surface area contributed by atoms with Gasteiger partial charge in [0, 0.05) is 32.2 Å². The van der Waals surface area contributed by atoms with Crippen LogP contribution in [0.2, 0.25) is 0 Å². The van der Waals surface area contributed by atoms with E-state index < -0.39 is 4.92 Å². The molecule has 0 spiro atoms. The number of imide groups is 1. The molecule has 3 amide bonds. The minimum Gasteiger partial charge on any atom is -0.365 e. The van der Waals surface area contributed by atoms with E-state index in [1.807, 2.05) is 18.7 Å². The van der Waals surface area contributed by atoms with Gasteiger partial charge >= 0.3 is 0 Å². The summed E-state index contributed by atoms with van der Waals surface area (Å²) in [6, 6.07) is 4.60. The molecule has 3 fully saturated rings. The number of nitrogens with zero attached hydrogens (tertiary/aromatic N) is 4. The second kappa shape index (κ2) is 9.49. The van der Waals surface area contributed by atoms with Crippen molar-refractivity contribution in [3.05, 3.63) is 28.3 Å². The molecule has 1 aromatic carbocycles. The Morgan fingerprint density at radius 2 is 1.70 bits per heavy atom. The van der Waals surface area contributed by atoms with Crippen molar-refractivity contribution in [3.8, 4) is 0 Å². The normalized spacial score (nSPS) is 25.2. The van der Waals surface area contributed by atoms with E-state index in [1.165, 1.54) is 6.07 Å². The van der Waals surface area contributed by atoms with Crippen molar-refractivity contribution in [1.29, 1.82) is 0 Å². The van der Waals surface area contributed by atoms with E-state index in [0.29, 0.717) is 44.7 Å². The molecule has 9 heteroatoms. The van der Waals surface area contributed by atoms with Crippen molar-refractivity contribution in [1.82, 2.24) is 4.90 Å². The van der Waals surface area contributed by atoms with Gasteiger partial charge in [0.2, 0.25) is 17.7 Å². The van der Waals surface area contributed by atoms with Gasteiger partial charge in [0.05, 0.1) is 28.4 Å². The number of hydrogen-bond acceptors (Lipinski definition) is 6. The van der Waals surface area contributed by atoms with Crippen LogP contribution in [-0.2, 0) is 14.4 Å². The van der Waals surface area contributed by atoms with Crippen molar-refractivity contribution in [2.24, 2.45) is 17.8 Å². The minimum atomic E-state index is -0.466. The Bertz CT molecular complexity index is 936. The number of amides is 3. The lowest BCUT2D eigenvalue weighted by Gasteiger charge is -2.35. The fourth-order valence-electron chi connectivity index (χ4n) is 5.67. The summed E-state index contributed by atoms with van der Waals surface area (Å²) in [4.78, 5) is 55.1.